The molecule has 5 nitrogen and oxygen atoms in total. The Kier molecular flexibility index (Phi) is 4.94. The van der Waals surface area contributed by atoms with E-state index >= 15 is 0 Å². The Balaban J connectivity index is 1.95. The third-order valence-electron chi connectivity index (χ3n) is 3.74. The summed E-state index contributed by atoms with van der Waals surface area (Å²) in [5, 5.41) is 3.21. The van der Waals surface area contributed by atoms with Gasteiger partial charge in [0, 0.05) is 24.7 Å². The van der Waals surface area contributed by atoms with E-state index in [1.54, 1.807) is 17.8 Å². The second-order valence-electron chi connectivity index (χ2n) is 5.53. The average molecular weight is 380 g/mol. The number of thioether (sulfide) groups is 2. The molecule has 0 fully saturated rings. The first-order valence-corrected chi connectivity index (χ1v) is 9.84. The number of aromatic nitrogens is 4. The molecule has 126 valence electrons. The van der Waals surface area contributed by atoms with Crippen LogP contribution in [0.1, 0.15) is 23.4 Å². The molecule has 3 heterocycles. The molecule has 3 aromatic rings. The fraction of sp³-hybridized carbons (Fsp3) is 0.312. The summed E-state index contributed by atoms with van der Waals surface area (Å²) in [4.78, 5) is 13.4. The highest BCUT2D eigenvalue weighted by Crippen LogP contribution is 2.36. The molecule has 0 radical (unpaired) electrons. The molecule has 0 aromatic carbocycles. The smallest absolute Gasteiger partial charge is 0.191 e. The molecule has 0 saturated heterocycles. The number of anilines is 1. The molecule has 0 aliphatic heterocycles. The van der Waals surface area contributed by atoms with Crippen LogP contribution in [0.15, 0.2) is 28.5 Å². The zero-order valence-electron chi connectivity index (χ0n) is 13.9. The van der Waals surface area contributed by atoms with Crippen molar-refractivity contribution in [1.82, 2.24) is 19.5 Å². The van der Waals surface area contributed by atoms with Crippen molar-refractivity contribution in [2.45, 2.75) is 29.3 Å². The molecule has 2 N–H and O–H groups in total. The molecule has 8 heteroatoms. The van der Waals surface area contributed by atoms with Crippen molar-refractivity contribution >= 4 is 51.8 Å². The van der Waals surface area contributed by atoms with Gasteiger partial charge < -0.3 is 10.3 Å². The first kappa shape index (κ1) is 17.4. The minimum Gasteiger partial charge on any atom is -0.384 e. The van der Waals surface area contributed by atoms with Crippen molar-refractivity contribution in [3.63, 3.8) is 0 Å². The number of aryl methyl sites for hydroxylation is 2. The summed E-state index contributed by atoms with van der Waals surface area (Å²) in [6.45, 7) is 4.14. The van der Waals surface area contributed by atoms with Crippen LogP contribution in [0.25, 0.3) is 10.9 Å². The molecule has 24 heavy (non-hydrogen) atoms. The van der Waals surface area contributed by atoms with Gasteiger partial charge in [-0.1, -0.05) is 23.4 Å². The van der Waals surface area contributed by atoms with Crippen LogP contribution in [-0.2, 0) is 7.05 Å². The SMILES string of the molecule is CSc1cc(N)nc(SC(C)c2cc3c(C)cn(C)c3c(Cl)n2)n1. The Labute approximate surface area is 154 Å². The highest BCUT2D eigenvalue weighted by molar-refractivity contribution is 7.99. The normalized spacial score (nSPS) is 12.7. The minimum absolute atomic E-state index is 0.0583. The van der Waals surface area contributed by atoms with E-state index in [0.717, 1.165) is 21.6 Å². The van der Waals surface area contributed by atoms with E-state index in [9.17, 15) is 0 Å². The Bertz CT molecular complexity index is 909. The van der Waals surface area contributed by atoms with Gasteiger partial charge in [-0.25, -0.2) is 15.0 Å². The Morgan fingerprint density at radius 2 is 2.00 bits per heavy atom. The molecular weight excluding hydrogens is 362 g/mol. The van der Waals surface area contributed by atoms with Crippen LogP contribution in [-0.4, -0.2) is 25.8 Å². The number of halogens is 1. The van der Waals surface area contributed by atoms with E-state index < -0.39 is 0 Å². The lowest BCUT2D eigenvalue weighted by Crippen LogP contribution is -2.00. The van der Waals surface area contributed by atoms with Crippen molar-refractivity contribution in [3.8, 4) is 0 Å². The molecule has 1 unspecified atom stereocenters. The number of nitrogens with zero attached hydrogens (tertiary/aromatic N) is 4. The molecule has 0 spiro atoms. The van der Waals surface area contributed by atoms with Gasteiger partial charge >= 0.3 is 0 Å². The van der Waals surface area contributed by atoms with Gasteiger partial charge in [0.15, 0.2) is 10.3 Å². The minimum atomic E-state index is 0.0583. The summed E-state index contributed by atoms with van der Waals surface area (Å²) in [7, 11) is 1.98. The Hall–Kier alpha value is -1.44. The standard InChI is InChI=1S/C16H18ClN5S2/c1-8-7-22(3)14-10(8)5-11(19-15(14)17)9(2)24-16-20-12(18)6-13(21-16)23-4/h5-7,9H,1-4H3,(H2,18,20,21). The lowest BCUT2D eigenvalue weighted by Gasteiger charge is -2.12. The van der Waals surface area contributed by atoms with Crippen LogP contribution in [0.5, 0.6) is 0 Å². The van der Waals surface area contributed by atoms with Crippen molar-refractivity contribution in [1.29, 1.82) is 0 Å². The summed E-state index contributed by atoms with van der Waals surface area (Å²) in [6.07, 6.45) is 4.03. The Morgan fingerprint density at radius 1 is 1.25 bits per heavy atom. The Morgan fingerprint density at radius 3 is 2.71 bits per heavy atom. The van der Waals surface area contributed by atoms with E-state index in [0.29, 0.717) is 16.1 Å². The maximum absolute atomic E-state index is 6.40. The number of fused-ring (bicyclic) bond motifs is 1. The van der Waals surface area contributed by atoms with E-state index in [-0.39, 0.29) is 5.25 Å². The highest BCUT2D eigenvalue weighted by Gasteiger charge is 2.17. The van der Waals surface area contributed by atoms with Crippen molar-refractivity contribution in [2.75, 3.05) is 12.0 Å². The largest absolute Gasteiger partial charge is 0.384 e. The summed E-state index contributed by atoms with van der Waals surface area (Å²) >= 11 is 9.48. The fourth-order valence-electron chi connectivity index (χ4n) is 2.59. The number of rotatable bonds is 4. The molecular formula is C16H18ClN5S2. The van der Waals surface area contributed by atoms with E-state index in [1.165, 1.54) is 17.3 Å². The lowest BCUT2D eigenvalue weighted by atomic mass is 10.2. The summed E-state index contributed by atoms with van der Waals surface area (Å²) in [5.41, 5.74) is 8.90. The van der Waals surface area contributed by atoms with Crippen LogP contribution in [0.4, 0.5) is 5.82 Å². The van der Waals surface area contributed by atoms with Gasteiger partial charge in [-0.3, -0.25) is 0 Å². The molecule has 0 aliphatic rings. The van der Waals surface area contributed by atoms with Crippen molar-refractivity contribution < 1.29 is 0 Å². The van der Waals surface area contributed by atoms with Crippen molar-refractivity contribution in [2.24, 2.45) is 7.05 Å². The first-order valence-electron chi connectivity index (χ1n) is 7.36. The maximum Gasteiger partial charge on any atom is 0.191 e. The molecule has 3 rings (SSSR count). The number of nitrogen functional groups attached to an aromatic ring is 1. The van der Waals surface area contributed by atoms with Gasteiger partial charge in [0.25, 0.3) is 0 Å². The quantitative estimate of drug-likeness (QED) is 0.312. The van der Waals surface area contributed by atoms with Gasteiger partial charge in [-0.2, -0.15) is 0 Å². The molecule has 0 bridgehead atoms. The zero-order chi connectivity index (χ0) is 17.4. The van der Waals surface area contributed by atoms with Crippen LogP contribution >= 0.6 is 35.1 Å². The van der Waals surface area contributed by atoms with Crippen molar-refractivity contribution in [3.05, 3.63) is 34.7 Å². The van der Waals surface area contributed by atoms with Gasteiger partial charge in [0.2, 0.25) is 0 Å². The predicted molar refractivity (Wildman–Crippen MR) is 103 cm³/mol. The van der Waals surface area contributed by atoms with Gasteiger partial charge in [0.05, 0.1) is 16.5 Å². The summed E-state index contributed by atoms with van der Waals surface area (Å²) in [6, 6.07) is 3.86. The van der Waals surface area contributed by atoms with Gasteiger partial charge in [0.1, 0.15) is 10.8 Å². The molecule has 1 atom stereocenters. The predicted octanol–water partition coefficient (Wildman–Crippen LogP) is 4.48. The number of hydrogen-bond acceptors (Lipinski definition) is 6. The number of nitrogens with two attached hydrogens (primary N) is 1. The third-order valence-corrected chi connectivity index (χ3v) is 5.62. The molecule has 0 amide bonds. The fourth-order valence-corrected chi connectivity index (χ4v) is 4.27. The summed E-state index contributed by atoms with van der Waals surface area (Å²) < 4.78 is 2.01. The molecule has 3 aromatic heterocycles. The van der Waals surface area contributed by atoms with Crippen LogP contribution < -0.4 is 5.73 Å². The number of pyridine rings is 1. The summed E-state index contributed by atoms with van der Waals surface area (Å²) in [5.74, 6) is 0.476. The van der Waals surface area contributed by atoms with Crippen LogP contribution in [0.2, 0.25) is 5.15 Å². The monoisotopic (exact) mass is 379 g/mol. The topological polar surface area (TPSA) is 69.6 Å². The lowest BCUT2D eigenvalue weighted by molar-refractivity contribution is 0.888. The molecule has 0 aliphatic carbocycles. The van der Waals surface area contributed by atoms with Gasteiger partial charge in [-0.05, 0) is 31.7 Å². The average Bonchev–Trinajstić information content (AvgIpc) is 2.81. The maximum atomic E-state index is 6.40. The molecule has 0 saturated carbocycles. The van der Waals surface area contributed by atoms with E-state index in [1.807, 2.05) is 17.9 Å². The van der Waals surface area contributed by atoms with E-state index in [4.69, 9.17) is 17.3 Å². The second kappa shape index (κ2) is 6.82. The zero-order valence-corrected chi connectivity index (χ0v) is 16.3. The third kappa shape index (κ3) is 3.34. The second-order valence-corrected chi connectivity index (χ2v) is 8.03. The highest BCUT2D eigenvalue weighted by atomic mass is 35.5. The number of hydrogen-bond donors (Lipinski definition) is 1. The van der Waals surface area contributed by atoms with E-state index in [2.05, 4.69) is 41.1 Å². The van der Waals surface area contributed by atoms with Crippen LogP contribution in [0, 0.1) is 6.92 Å². The van der Waals surface area contributed by atoms with Gasteiger partial charge in [-0.15, -0.1) is 11.8 Å². The van der Waals surface area contributed by atoms with Crippen LogP contribution in [0.3, 0.4) is 0 Å². The first-order chi connectivity index (χ1) is 11.4.